The maximum atomic E-state index is 6.64. The third kappa shape index (κ3) is 12.6. The Bertz CT molecular complexity index is 1420. The van der Waals surface area contributed by atoms with Crippen molar-refractivity contribution in [2.45, 2.75) is 45.6 Å². The van der Waals surface area contributed by atoms with Crippen molar-refractivity contribution < 1.29 is 30.3 Å². The van der Waals surface area contributed by atoms with Crippen LogP contribution in [0.1, 0.15) is 68.2 Å². The van der Waals surface area contributed by atoms with Crippen LogP contribution in [-0.2, 0) is 25.8 Å². The van der Waals surface area contributed by atoms with Crippen molar-refractivity contribution in [3.63, 3.8) is 0 Å². The zero-order valence-corrected chi connectivity index (χ0v) is 33.4. The Balaban J connectivity index is 0.000000996. The van der Waals surface area contributed by atoms with E-state index in [0.717, 1.165) is 33.8 Å². The Morgan fingerprint density at radius 2 is 0.936 bits per heavy atom. The van der Waals surface area contributed by atoms with Gasteiger partial charge in [0.1, 0.15) is 5.69 Å². The molecule has 0 amide bonds. The monoisotopic (exact) mass is 797 g/mol. The van der Waals surface area contributed by atoms with Gasteiger partial charge in [0.2, 0.25) is 0 Å². The van der Waals surface area contributed by atoms with Gasteiger partial charge in [-0.25, -0.2) is 4.98 Å². The molecule has 0 aliphatic heterocycles. The molecule has 47 heavy (non-hydrogen) atoms. The molecule has 1 aromatic heterocycles. The fourth-order valence-electron chi connectivity index (χ4n) is 4.73. The number of hydrogen-bond donors (Lipinski definition) is 0. The van der Waals surface area contributed by atoms with Crippen molar-refractivity contribution in [2.24, 2.45) is 0 Å². The van der Waals surface area contributed by atoms with Crippen LogP contribution in [0.15, 0.2) is 114 Å². The molecule has 5 rings (SSSR count). The van der Waals surface area contributed by atoms with Crippen LogP contribution in [0.4, 0.5) is 5.69 Å². The van der Waals surface area contributed by atoms with Gasteiger partial charge in [-0.2, -0.15) is 42.3 Å². The van der Waals surface area contributed by atoms with Crippen molar-refractivity contribution in [1.29, 1.82) is 0 Å². The average Bonchev–Trinajstić information content (AvgIpc) is 3.51. The molecule has 6 nitrogen and oxygen atoms in total. The van der Waals surface area contributed by atoms with Crippen molar-refractivity contribution >= 4 is 5.69 Å². The predicted octanol–water partition coefficient (Wildman–Crippen LogP) is 11.9. The summed E-state index contributed by atoms with van der Waals surface area (Å²) < 4.78 is 6.64. The topological polar surface area (TPSA) is 82.4 Å². The Kier molecular flexibility index (Phi) is 20.4. The molecule has 0 aliphatic rings. The predicted molar refractivity (Wildman–Crippen MR) is 199 cm³/mol. The first-order chi connectivity index (χ1) is 22.3. The van der Waals surface area contributed by atoms with Gasteiger partial charge in [-0.3, -0.25) is 0 Å². The minimum Gasteiger partial charge on any atom is -0.670 e. The fraction of sp³-hybridized carbons (Fsp3) is 0.325. The zero-order valence-electron chi connectivity index (χ0n) is 29.8. The summed E-state index contributed by atoms with van der Waals surface area (Å²) >= 11 is 0. The second-order valence-electron chi connectivity index (χ2n) is 11.3. The minimum atomic E-state index is -0.376. The average molecular weight is 796 g/mol. The maximum Gasteiger partial charge on any atom is 0.185 e. The van der Waals surface area contributed by atoms with Crippen molar-refractivity contribution in [3.8, 4) is 22.6 Å². The van der Waals surface area contributed by atoms with Gasteiger partial charge in [0.25, 0.3) is 0 Å². The van der Waals surface area contributed by atoms with Gasteiger partial charge in [0.05, 0.1) is 0 Å². The van der Waals surface area contributed by atoms with Crippen LogP contribution in [0.5, 0.6) is 0 Å². The molecule has 5 aromatic rings. The van der Waals surface area contributed by atoms with Crippen LogP contribution < -0.4 is 0 Å². The van der Waals surface area contributed by atoms with Crippen LogP contribution >= 0.6 is 0 Å². The molecular formula is C40H51HfN5O-4. The first-order valence-corrected chi connectivity index (χ1v) is 15.7. The summed E-state index contributed by atoms with van der Waals surface area (Å²) in [6, 6.07) is 36.9. The molecule has 0 saturated carbocycles. The van der Waals surface area contributed by atoms with Crippen LogP contribution in [-0.4, -0.2) is 47.3 Å². The van der Waals surface area contributed by atoms with Gasteiger partial charge < -0.3 is 25.7 Å². The van der Waals surface area contributed by atoms with Crippen LogP contribution in [0.2, 0.25) is 0 Å². The Labute approximate surface area is 303 Å². The molecule has 0 saturated heterocycles. The van der Waals surface area contributed by atoms with E-state index < -0.39 is 0 Å². The van der Waals surface area contributed by atoms with Crippen molar-refractivity contribution in [2.75, 3.05) is 42.3 Å². The number of para-hydroxylation sites is 1. The molecule has 1 unspecified atom stereocenters. The van der Waals surface area contributed by atoms with E-state index in [-0.39, 0.29) is 31.9 Å². The molecule has 4 aromatic carbocycles. The number of hydrogen-bond acceptors (Lipinski definition) is 2. The molecule has 250 valence electrons. The number of oxazole rings is 1. The molecule has 0 spiro atoms. The molecule has 1 atom stereocenters. The van der Waals surface area contributed by atoms with E-state index in [4.69, 9.17) is 14.7 Å². The summed E-state index contributed by atoms with van der Waals surface area (Å²) in [6.07, 6.45) is 0. The van der Waals surface area contributed by atoms with Gasteiger partial charge in [-0.05, 0) is 17.9 Å². The van der Waals surface area contributed by atoms with Crippen molar-refractivity contribution in [1.82, 2.24) is 4.98 Å². The molecule has 0 aliphatic carbocycles. The molecular weight excluding hydrogens is 745 g/mol. The Morgan fingerprint density at radius 3 is 1.36 bits per heavy atom. The van der Waals surface area contributed by atoms with Crippen LogP contribution in [0, 0.1) is 0 Å². The van der Waals surface area contributed by atoms with E-state index in [9.17, 15) is 0 Å². The van der Waals surface area contributed by atoms with Gasteiger partial charge in [0, 0.05) is 37.0 Å². The summed E-state index contributed by atoms with van der Waals surface area (Å²) in [4.78, 5) is 5.12. The SMILES string of the molecule is CC(C)c1cccc(C(C)C)c1[N-]C(c1ccccc1)c1nc(-c2ccccc2)c(-c2ccccc2)o1.C[N-]C.C[N-]C.C[N-]C.[Hf]. The van der Waals surface area contributed by atoms with Gasteiger partial charge in [0.15, 0.2) is 11.7 Å². The summed E-state index contributed by atoms with van der Waals surface area (Å²) in [6.45, 7) is 8.90. The standard InChI is InChI=1S/C34H33N2O.3C2H6N.Hf/c1-23(2)28-21-14-22-29(24(3)4)32(28)35-31(26-17-10-6-11-18-26)34-36-30(25-15-8-5-9-16-25)33(37-34)27-19-12-7-13-20-27;3*1-3-2;/h5-24,31H,1-4H3;3*1-2H3;/q4*-1;. The largest absolute Gasteiger partial charge is 0.670 e. The number of nitrogens with zero attached hydrogens (tertiary/aromatic N) is 5. The summed E-state index contributed by atoms with van der Waals surface area (Å²) in [5, 5.41) is 15.9. The maximum absolute atomic E-state index is 6.64. The number of aromatic nitrogens is 1. The first kappa shape index (κ1) is 41.7. The second kappa shape index (κ2) is 23.0. The number of benzene rings is 4. The quantitative estimate of drug-likeness (QED) is 0.147. The molecule has 1 heterocycles. The third-order valence-corrected chi connectivity index (χ3v) is 6.68. The molecule has 7 heteroatoms. The third-order valence-electron chi connectivity index (χ3n) is 6.68. The van der Waals surface area contributed by atoms with E-state index in [1.807, 2.05) is 42.5 Å². The molecule has 0 N–H and O–H groups in total. The van der Waals surface area contributed by atoms with E-state index in [1.165, 1.54) is 11.1 Å². The van der Waals surface area contributed by atoms with E-state index in [0.29, 0.717) is 17.7 Å². The summed E-state index contributed by atoms with van der Waals surface area (Å²) in [5.41, 5.74) is 7.43. The first-order valence-electron chi connectivity index (χ1n) is 15.7. The Morgan fingerprint density at radius 1 is 0.532 bits per heavy atom. The molecule has 0 fully saturated rings. The van der Waals surface area contributed by atoms with Crippen LogP contribution in [0.3, 0.4) is 0 Å². The minimum absolute atomic E-state index is 0. The second-order valence-corrected chi connectivity index (χ2v) is 11.3. The normalized spacial score (nSPS) is 10.7. The molecule has 0 bridgehead atoms. The summed E-state index contributed by atoms with van der Waals surface area (Å²) in [5.74, 6) is 2.05. The fourth-order valence-corrected chi connectivity index (χ4v) is 4.73. The number of rotatable bonds is 8. The zero-order chi connectivity index (χ0) is 33.9. The van der Waals surface area contributed by atoms with E-state index >= 15 is 0 Å². The van der Waals surface area contributed by atoms with E-state index in [1.54, 1.807) is 42.3 Å². The van der Waals surface area contributed by atoms with Gasteiger partial charge in [-0.15, -0.1) is 5.69 Å². The van der Waals surface area contributed by atoms with Crippen LogP contribution in [0.25, 0.3) is 43.8 Å². The smallest absolute Gasteiger partial charge is 0.185 e. The molecule has 0 radical (unpaired) electrons. The Hall–Kier alpha value is -3.36. The van der Waals surface area contributed by atoms with Gasteiger partial charge >= 0.3 is 0 Å². The summed E-state index contributed by atoms with van der Waals surface area (Å²) in [7, 11) is 10.5. The van der Waals surface area contributed by atoms with E-state index in [2.05, 4.69) is 110 Å². The van der Waals surface area contributed by atoms with Crippen molar-refractivity contribution in [3.05, 3.63) is 153 Å². The van der Waals surface area contributed by atoms with Gasteiger partial charge in [-0.1, -0.05) is 154 Å².